The number of rotatable bonds is 2. The fraction of sp³-hybridized carbons (Fsp3) is 0.395. The summed E-state index contributed by atoms with van der Waals surface area (Å²) in [6, 6.07) is 27.2. The van der Waals surface area contributed by atoms with Gasteiger partial charge in [0.15, 0.2) is 0 Å². The highest BCUT2D eigenvalue weighted by atomic mass is 79.9. The molecule has 4 N–H and O–H groups in total. The van der Waals surface area contributed by atoms with Crippen LogP contribution in [-0.2, 0) is 41.6 Å². The Morgan fingerprint density at radius 3 is 1.82 bits per heavy atom. The molecule has 0 radical (unpaired) electrons. The van der Waals surface area contributed by atoms with Gasteiger partial charge in [0.2, 0.25) is 35.4 Å². The number of carbonyl (C=O) groups is 6. The molecule has 5 aliphatic rings. The van der Waals surface area contributed by atoms with Crippen LogP contribution in [0.4, 0.5) is 11.4 Å². The molecule has 6 amide bonds. The number of nitrogens with zero attached hydrogens (tertiary/aromatic N) is 2. The summed E-state index contributed by atoms with van der Waals surface area (Å²) in [7, 11) is 0. The van der Waals surface area contributed by atoms with Gasteiger partial charge in [0.05, 0.1) is 4.83 Å². The molecule has 12 nitrogen and oxygen atoms in total. The molecule has 0 bridgehead atoms. The third-order valence-corrected chi connectivity index (χ3v) is 11.3. The molecule has 5 atom stereocenters. The molecule has 9 rings (SSSR count). The summed E-state index contributed by atoms with van der Waals surface area (Å²) in [5.74, 6) is -1.07. The monoisotopic (exact) mass is 826 g/mol. The molecule has 0 aliphatic carbocycles. The number of aryl methyl sites for hydroxylation is 1. The molecule has 56 heavy (non-hydrogen) atoms. The average Bonchev–Trinajstić information content (AvgIpc) is 3.81. The smallest absolute Gasteiger partial charge is 0.249 e. The van der Waals surface area contributed by atoms with E-state index in [-0.39, 0.29) is 59.8 Å². The number of alkyl halides is 1. The number of halogens is 1. The molecule has 3 aromatic carbocycles. The molecule has 5 unspecified atom stereocenters. The molecule has 296 valence electrons. The molecular formula is C43H51BrN6O6. The minimum Gasteiger partial charge on any atom is -0.382 e. The van der Waals surface area contributed by atoms with Gasteiger partial charge in [0.1, 0.15) is 12.1 Å². The number of nitrogens with one attached hydrogen (secondary N) is 4. The van der Waals surface area contributed by atoms with Crippen molar-refractivity contribution in [2.45, 2.75) is 109 Å². The number of aromatic nitrogens is 1. The average molecular weight is 828 g/mol. The van der Waals surface area contributed by atoms with Crippen molar-refractivity contribution in [1.29, 1.82) is 0 Å². The first-order valence-corrected chi connectivity index (χ1v) is 19.7. The predicted octanol–water partition coefficient (Wildman–Crippen LogP) is 6.04. The predicted molar refractivity (Wildman–Crippen MR) is 221 cm³/mol. The zero-order valence-corrected chi connectivity index (χ0v) is 32.9. The van der Waals surface area contributed by atoms with Crippen molar-refractivity contribution >= 4 is 73.7 Å². The van der Waals surface area contributed by atoms with Gasteiger partial charge in [-0.15, -0.1) is 0 Å². The summed E-state index contributed by atoms with van der Waals surface area (Å²) in [5.41, 5.74) is 7.29. The van der Waals surface area contributed by atoms with Crippen LogP contribution in [0.15, 0.2) is 78.9 Å². The second kappa shape index (κ2) is 18.6. The molecule has 3 saturated heterocycles. The van der Waals surface area contributed by atoms with Crippen LogP contribution < -0.4 is 26.2 Å². The lowest BCUT2D eigenvalue weighted by Gasteiger charge is -2.35. The van der Waals surface area contributed by atoms with Gasteiger partial charge in [-0.2, -0.15) is 0 Å². The molecule has 13 heteroatoms. The van der Waals surface area contributed by atoms with Crippen LogP contribution >= 0.6 is 15.9 Å². The van der Waals surface area contributed by atoms with Crippen molar-refractivity contribution < 1.29 is 28.8 Å². The van der Waals surface area contributed by atoms with Crippen molar-refractivity contribution in [1.82, 2.24) is 20.5 Å². The highest BCUT2D eigenvalue weighted by molar-refractivity contribution is 9.10. The fourth-order valence-corrected chi connectivity index (χ4v) is 8.16. The van der Waals surface area contributed by atoms with Crippen molar-refractivity contribution in [3.63, 3.8) is 0 Å². The van der Waals surface area contributed by atoms with E-state index in [2.05, 4.69) is 98.4 Å². The Morgan fingerprint density at radius 2 is 1.20 bits per heavy atom. The number of para-hydroxylation sites is 3. The number of carbonyl (C=O) groups excluding carboxylic acids is 6. The van der Waals surface area contributed by atoms with Crippen LogP contribution in [-0.4, -0.2) is 63.0 Å². The number of fused-ring (bicyclic) bond motifs is 3. The number of imide groups is 3. The van der Waals surface area contributed by atoms with E-state index < -0.39 is 0 Å². The molecule has 0 saturated carbocycles. The summed E-state index contributed by atoms with van der Waals surface area (Å²) in [4.78, 5) is 69.4. The Bertz CT molecular complexity index is 2090. The Hall–Kier alpha value is -5.30. The van der Waals surface area contributed by atoms with Gasteiger partial charge >= 0.3 is 0 Å². The van der Waals surface area contributed by atoms with E-state index in [0.717, 1.165) is 28.7 Å². The van der Waals surface area contributed by atoms with Gasteiger partial charge < -0.3 is 14.8 Å². The summed E-state index contributed by atoms with van der Waals surface area (Å²) < 4.78 is 2.02. The molecule has 0 spiro atoms. The van der Waals surface area contributed by atoms with Gasteiger partial charge in [-0.1, -0.05) is 78.0 Å². The van der Waals surface area contributed by atoms with E-state index in [0.29, 0.717) is 50.6 Å². The highest BCUT2D eigenvalue weighted by Gasteiger charge is 2.38. The number of amides is 6. The lowest BCUT2D eigenvalue weighted by molar-refractivity contribution is -0.136. The Morgan fingerprint density at radius 1 is 0.643 bits per heavy atom. The SMILES string of the molecule is C.CC1Cc2ccccc2N1.CC1Cc2ccccc2N1C1CCC(=O)NC1=O.Cc1cc2ccccc2n1C1CCC(=O)NC1=O.O=C1CCC(Br)C(=O)N1. The highest BCUT2D eigenvalue weighted by Crippen LogP contribution is 2.35. The van der Waals surface area contributed by atoms with E-state index in [4.69, 9.17) is 0 Å². The van der Waals surface area contributed by atoms with E-state index >= 15 is 0 Å². The van der Waals surface area contributed by atoms with Crippen molar-refractivity contribution in [3.05, 3.63) is 95.7 Å². The topological polar surface area (TPSA) is 159 Å². The molecule has 1 aromatic heterocycles. The van der Waals surface area contributed by atoms with E-state index in [1.54, 1.807) is 0 Å². The largest absolute Gasteiger partial charge is 0.382 e. The molecule has 3 fully saturated rings. The summed E-state index contributed by atoms with van der Waals surface area (Å²) in [6.07, 6.45) is 5.23. The van der Waals surface area contributed by atoms with Crippen molar-refractivity contribution in [3.8, 4) is 0 Å². The van der Waals surface area contributed by atoms with E-state index in [1.165, 1.54) is 23.2 Å². The molecule has 5 aliphatic heterocycles. The molecular weight excluding hydrogens is 776 g/mol. The van der Waals surface area contributed by atoms with Crippen LogP contribution in [0.5, 0.6) is 0 Å². The number of anilines is 2. The van der Waals surface area contributed by atoms with Crippen LogP contribution in [0.3, 0.4) is 0 Å². The van der Waals surface area contributed by atoms with Crippen LogP contribution in [0.25, 0.3) is 10.9 Å². The maximum Gasteiger partial charge on any atom is 0.249 e. The lowest BCUT2D eigenvalue weighted by atomic mass is 10.0. The fourth-order valence-electron chi connectivity index (χ4n) is 7.82. The number of hydrogen-bond acceptors (Lipinski definition) is 8. The number of hydrogen-bond donors (Lipinski definition) is 4. The van der Waals surface area contributed by atoms with Gasteiger partial charge in [0, 0.05) is 53.9 Å². The molecule has 4 aromatic rings. The summed E-state index contributed by atoms with van der Waals surface area (Å²) in [5, 5.41) is 11.6. The second-order valence-corrected chi connectivity index (χ2v) is 15.7. The number of piperidine rings is 3. The number of benzene rings is 3. The Kier molecular flexibility index (Phi) is 13.9. The van der Waals surface area contributed by atoms with Gasteiger partial charge in [-0.25, -0.2) is 0 Å². The Balaban J connectivity index is 0.000000148. The minimum atomic E-state index is -0.275. The maximum absolute atomic E-state index is 12.0. The van der Waals surface area contributed by atoms with Gasteiger partial charge in [-0.3, -0.25) is 44.7 Å². The first-order chi connectivity index (χ1) is 26.4. The standard InChI is InChI=1S/C14H16N2O2.C14H14N2O2.C9H11N.C5H6BrNO2.CH4/c2*1-9-8-10-4-2-3-5-11(10)16(9)12-6-7-13(17)15-14(12)18;1-7-6-8-4-2-3-5-9(8)10-7;6-3-1-2-4(8)7-5(3)9;/h2-5,9,12H,6-8H2,1H3,(H,15,17,18);2-5,8,12H,6-7H2,1H3,(H,15,17,18);2-5,7,10H,6H2,1H3;3H,1-2H2,(H,7,8,9);1H4. The second-order valence-electron chi connectivity index (χ2n) is 14.6. The zero-order valence-electron chi connectivity index (χ0n) is 31.3. The molecule has 6 heterocycles. The van der Waals surface area contributed by atoms with Gasteiger partial charge in [-0.05, 0) is 93.7 Å². The van der Waals surface area contributed by atoms with Crippen molar-refractivity contribution in [2.24, 2.45) is 0 Å². The summed E-state index contributed by atoms with van der Waals surface area (Å²) >= 11 is 3.12. The van der Waals surface area contributed by atoms with Crippen LogP contribution in [0.1, 0.15) is 82.7 Å². The summed E-state index contributed by atoms with van der Waals surface area (Å²) in [6.45, 7) is 6.33. The van der Waals surface area contributed by atoms with Gasteiger partial charge in [0.25, 0.3) is 0 Å². The normalized spacial score (nSPS) is 23.6. The van der Waals surface area contributed by atoms with E-state index in [9.17, 15) is 28.8 Å². The third kappa shape index (κ3) is 9.73. The Labute approximate surface area is 336 Å². The first kappa shape index (κ1) is 41.9. The first-order valence-electron chi connectivity index (χ1n) is 18.8. The maximum atomic E-state index is 12.0. The lowest BCUT2D eigenvalue weighted by Crippen LogP contribution is -2.54. The minimum absolute atomic E-state index is 0. The van der Waals surface area contributed by atoms with E-state index in [1.807, 2.05) is 47.9 Å². The zero-order chi connectivity index (χ0) is 39.2. The van der Waals surface area contributed by atoms with Crippen LogP contribution in [0, 0.1) is 6.92 Å². The third-order valence-electron chi connectivity index (χ3n) is 10.4. The van der Waals surface area contributed by atoms with Crippen LogP contribution in [0.2, 0.25) is 0 Å². The quantitative estimate of drug-likeness (QED) is 0.141. The van der Waals surface area contributed by atoms with Crippen molar-refractivity contribution in [2.75, 3.05) is 10.2 Å².